The van der Waals surface area contributed by atoms with Crippen molar-refractivity contribution in [1.29, 1.82) is 0 Å². The van der Waals surface area contributed by atoms with Gasteiger partial charge in [0.25, 0.3) is 0 Å². The van der Waals surface area contributed by atoms with Crippen molar-refractivity contribution < 1.29 is 9.90 Å². The van der Waals surface area contributed by atoms with Gasteiger partial charge in [-0.15, -0.1) is 0 Å². The summed E-state index contributed by atoms with van der Waals surface area (Å²) in [6.07, 6.45) is 1.57. The SMILES string of the molecule is CCCC(CO)C(N)=O. The van der Waals surface area contributed by atoms with Crippen LogP contribution in [0.25, 0.3) is 0 Å². The molecule has 0 radical (unpaired) electrons. The first-order chi connectivity index (χ1) is 4.22. The molecule has 0 spiro atoms. The Morgan fingerprint density at radius 3 is 2.44 bits per heavy atom. The van der Waals surface area contributed by atoms with Gasteiger partial charge in [-0.2, -0.15) is 0 Å². The van der Waals surface area contributed by atoms with Gasteiger partial charge in [0, 0.05) is 0 Å². The normalized spacial score (nSPS) is 13.1. The summed E-state index contributed by atoms with van der Waals surface area (Å²) < 4.78 is 0. The molecule has 1 amide bonds. The second-order valence-corrected chi connectivity index (χ2v) is 2.07. The zero-order chi connectivity index (χ0) is 7.28. The Morgan fingerprint density at radius 1 is 1.78 bits per heavy atom. The highest BCUT2D eigenvalue weighted by atomic mass is 16.3. The fourth-order valence-corrected chi connectivity index (χ4v) is 0.672. The number of nitrogens with two attached hydrogens (primary N) is 1. The Balaban J connectivity index is 3.54. The van der Waals surface area contributed by atoms with E-state index in [-0.39, 0.29) is 12.5 Å². The molecule has 0 rings (SSSR count). The molecule has 9 heavy (non-hydrogen) atoms. The third-order valence-corrected chi connectivity index (χ3v) is 1.26. The molecule has 0 aromatic rings. The summed E-state index contributed by atoms with van der Waals surface area (Å²) in [5.41, 5.74) is 4.93. The van der Waals surface area contributed by atoms with Crippen LogP contribution in [0, 0.1) is 5.92 Å². The molecule has 0 aromatic carbocycles. The lowest BCUT2D eigenvalue weighted by molar-refractivity contribution is -0.123. The maximum absolute atomic E-state index is 10.4. The highest BCUT2D eigenvalue weighted by molar-refractivity contribution is 5.76. The van der Waals surface area contributed by atoms with E-state index < -0.39 is 5.91 Å². The Labute approximate surface area is 54.9 Å². The van der Waals surface area contributed by atoms with Gasteiger partial charge in [0.05, 0.1) is 12.5 Å². The van der Waals surface area contributed by atoms with Gasteiger partial charge >= 0.3 is 0 Å². The number of primary amides is 1. The summed E-state index contributed by atoms with van der Waals surface area (Å²) in [5, 5.41) is 8.53. The molecule has 0 bridgehead atoms. The van der Waals surface area contributed by atoms with E-state index in [4.69, 9.17) is 10.8 Å². The minimum atomic E-state index is -0.403. The van der Waals surface area contributed by atoms with Crippen LogP contribution in [0.3, 0.4) is 0 Å². The fourth-order valence-electron chi connectivity index (χ4n) is 0.672. The highest BCUT2D eigenvalue weighted by Gasteiger charge is 2.11. The zero-order valence-electron chi connectivity index (χ0n) is 5.63. The average Bonchev–Trinajstić information content (AvgIpc) is 1.82. The predicted molar refractivity (Wildman–Crippen MR) is 34.7 cm³/mol. The molecule has 54 valence electrons. The smallest absolute Gasteiger partial charge is 0.222 e. The predicted octanol–water partition coefficient (Wildman–Crippen LogP) is -0.120. The van der Waals surface area contributed by atoms with E-state index in [0.29, 0.717) is 6.42 Å². The Hall–Kier alpha value is -0.570. The van der Waals surface area contributed by atoms with Gasteiger partial charge in [-0.05, 0) is 6.42 Å². The van der Waals surface area contributed by atoms with Crippen LogP contribution in [-0.2, 0) is 4.79 Å². The van der Waals surface area contributed by atoms with E-state index in [2.05, 4.69) is 0 Å². The summed E-state index contributed by atoms with van der Waals surface area (Å²) in [5.74, 6) is -0.741. The summed E-state index contributed by atoms with van der Waals surface area (Å²) in [6.45, 7) is 1.83. The second-order valence-electron chi connectivity index (χ2n) is 2.07. The second kappa shape index (κ2) is 4.32. The van der Waals surface area contributed by atoms with E-state index in [9.17, 15) is 4.79 Å². The van der Waals surface area contributed by atoms with Crippen molar-refractivity contribution in [3.8, 4) is 0 Å². The number of rotatable bonds is 4. The Kier molecular flexibility index (Phi) is 4.05. The van der Waals surface area contributed by atoms with Crippen LogP contribution < -0.4 is 5.73 Å². The van der Waals surface area contributed by atoms with Gasteiger partial charge < -0.3 is 10.8 Å². The van der Waals surface area contributed by atoms with Crippen molar-refractivity contribution >= 4 is 5.91 Å². The standard InChI is InChI=1S/C6H13NO2/c1-2-3-5(4-8)6(7)9/h5,8H,2-4H2,1H3,(H2,7,9). The molecule has 0 aliphatic heterocycles. The lowest BCUT2D eigenvalue weighted by atomic mass is 10.1. The van der Waals surface area contributed by atoms with E-state index >= 15 is 0 Å². The number of hydrogen-bond acceptors (Lipinski definition) is 2. The highest BCUT2D eigenvalue weighted by Crippen LogP contribution is 2.02. The molecule has 0 saturated heterocycles. The largest absolute Gasteiger partial charge is 0.396 e. The molecular formula is C6H13NO2. The number of carbonyl (C=O) groups excluding carboxylic acids is 1. The molecule has 3 nitrogen and oxygen atoms in total. The fraction of sp³-hybridized carbons (Fsp3) is 0.833. The van der Waals surface area contributed by atoms with Gasteiger partial charge in [-0.3, -0.25) is 4.79 Å². The van der Waals surface area contributed by atoms with Crippen molar-refractivity contribution in [2.45, 2.75) is 19.8 Å². The lowest BCUT2D eigenvalue weighted by Crippen LogP contribution is -2.25. The molecule has 1 atom stereocenters. The summed E-state index contributed by atoms with van der Waals surface area (Å²) in [7, 11) is 0. The van der Waals surface area contributed by atoms with Gasteiger partial charge in [0.15, 0.2) is 0 Å². The quantitative estimate of drug-likeness (QED) is 0.558. The maximum atomic E-state index is 10.4. The number of aliphatic hydroxyl groups is 1. The first-order valence-corrected chi connectivity index (χ1v) is 3.12. The van der Waals surface area contributed by atoms with Crippen molar-refractivity contribution in [2.75, 3.05) is 6.61 Å². The molecule has 1 unspecified atom stereocenters. The maximum Gasteiger partial charge on any atom is 0.222 e. The topological polar surface area (TPSA) is 63.3 Å². The third-order valence-electron chi connectivity index (χ3n) is 1.26. The molecule has 3 N–H and O–H groups in total. The van der Waals surface area contributed by atoms with Gasteiger partial charge in [-0.1, -0.05) is 13.3 Å². The van der Waals surface area contributed by atoms with Crippen molar-refractivity contribution in [3.05, 3.63) is 0 Å². The van der Waals surface area contributed by atoms with Gasteiger partial charge in [-0.25, -0.2) is 0 Å². The first kappa shape index (κ1) is 8.43. The van der Waals surface area contributed by atoms with E-state index in [1.807, 2.05) is 6.92 Å². The van der Waals surface area contributed by atoms with Gasteiger partial charge in [0.1, 0.15) is 0 Å². The number of hydrogen-bond donors (Lipinski definition) is 2. The van der Waals surface area contributed by atoms with Crippen LogP contribution in [0.5, 0.6) is 0 Å². The average molecular weight is 131 g/mol. The minimum absolute atomic E-state index is 0.122. The van der Waals surface area contributed by atoms with Crippen LogP contribution in [0.4, 0.5) is 0 Å². The van der Waals surface area contributed by atoms with Crippen LogP contribution in [-0.4, -0.2) is 17.6 Å². The van der Waals surface area contributed by atoms with E-state index in [1.165, 1.54) is 0 Å². The van der Waals surface area contributed by atoms with E-state index in [0.717, 1.165) is 6.42 Å². The Morgan fingerprint density at radius 2 is 2.33 bits per heavy atom. The molecule has 0 aliphatic carbocycles. The lowest BCUT2D eigenvalue weighted by Gasteiger charge is -2.05. The summed E-state index contributed by atoms with van der Waals surface area (Å²) in [4.78, 5) is 10.4. The number of aliphatic hydroxyl groups excluding tert-OH is 1. The van der Waals surface area contributed by atoms with Crippen LogP contribution >= 0.6 is 0 Å². The summed E-state index contributed by atoms with van der Waals surface area (Å²) >= 11 is 0. The van der Waals surface area contributed by atoms with Crippen molar-refractivity contribution in [2.24, 2.45) is 11.7 Å². The van der Waals surface area contributed by atoms with Crippen molar-refractivity contribution in [3.63, 3.8) is 0 Å². The van der Waals surface area contributed by atoms with Crippen molar-refractivity contribution in [1.82, 2.24) is 0 Å². The monoisotopic (exact) mass is 131 g/mol. The third kappa shape index (κ3) is 3.08. The summed E-state index contributed by atoms with van der Waals surface area (Å²) in [6, 6.07) is 0. The van der Waals surface area contributed by atoms with Gasteiger partial charge in [0.2, 0.25) is 5.91 Å². The molecule has 0 heterocycles. The number of amides is 1. The first-order valence-electron chi connectivity index (χ1n) is 3.12. The zero-order valence-corrected chi connectivity index (χ0v) is 5.63. The van der Waals surface area contributed by atoms with E-state index in [1.54, 1.807) is 0 Å². The molecule has 0 saturated carbocycles. The van der Waals surface area contributed by atoms with Crippen LogP contribution in [0.1, 0.15) is 19.8 Å². The molecular weight excluding hydrogens is 118 g/mol. The molecule has 0 fully saturated rings. The molecule has 0 aliphatic rings. The number of carbonyl (C=O) groups is 1. The molecule has 0 aromatic heterocycles. The minimum Gasteiger partial charge on any atom is -0.396 e. The Bertz CT molecular complexity index is 93.1. The molecule has 3 heteroatoms. The van der Waals surface area contributed by atoms with Crippen LogP contribution in [0.15, 0.2) is 0 Å². The van der Waals surface area contributed by atoms with Crippen LogP contribution in [0.2, 0.25) is 0 Å².